The van der Waals surface area contributed by atoms with Crippen LogP contribution in [0.4, 0.5) is 10.5 Å². The quantitative estimate of drug-likeness (QED) is 0.767. The Morgan fingerprint density at radius 1 is 1.22 bits per heavy atom. The first-order chi connectivity index (χ1) is 8.79. The summed E-state index contributed by atoms with van der Waals surface area (Å²) in [6, 6.07) is 9.56. The van der Waals surface area contributed by atoms with Gasteiger partial charge in [-0.2, -0.15) is 0 Å². The highest BCUT2D eigenvalue weighted by Gasteiger charge is 2.25. The summed E-state index contributed by atoms with van der Waals surface area (Å²) < 4.78 is 0. The second-order valence-corrected chi connectivity index (χ2v) is 4.85. The van der Waals surface area contributed by atoms with Gasteiger partial charge in [0.2, 0.25) is 0 Å². The zero-order valence-corrected chi connectivity index (χ0v) is 10.6. The van der Waals surface area contributed by atoms with Gasteiger partial charge in [0, 0.05) is 11.7 Å². The molecule has 4 N–H and O–H groups in total. The topological polar surface area (TPSA) is 67.1 Å². The minimum absolute atomic E-state index is 0.133. The first-order valence-electron chi connectivity index (χ1n) is 6.62. The Hall–Kier alpha value is -1.55. The molecule has 2 amide bonds. The molecule has 0 heterocycles. The number of rotatable bonds is 3. The van der Waals surface area contributed by atoms with Crippen LogP contribution in [0.15, 0.2) is 30.3 Å². The third-order valence-corrected chi connectivity index (χ3v) is 3.56. The first-order valence-corrected chi connectivity index (χ1v) is 6.62. The molecule has 1 aliphatic rings. The van der Waals surface area contributed by atoms with Crippen LogP contribution in [0.3, 0.4) is 0 Å². The van der Waals surface area contributed by atoms with Crippen molar-refractivity contribution >= 4 is 11.7 Å². The molecular weight excluding hydrogens is 226 g/mol. The lowest BCUT2D eigenvalue weighted by atomic mass is 9.84. The Balaban J connectivity index is 1.86. The summed E-state index contributed by atoms with van der Waals surface area (Å²) in [5.41, 5.74) is 6.57. The van der Waals surface area contributed by atoms with Gasteiger partial charge < -0.3 is 16.4 Å². The Labute approximate surface area is 108 Å². The molecule has 1 fully saturated rings. The number of anilines is 1. The molecule has 2 unspecified atom stereocenters. The van der Waals surface area contributed by atoms with Crippen molar-refractivity contribution in [3.05, 3.63) is 30.3 Å². The van der Waals surface area contributed by atoms with Crippen LogP contribution < -0.4 is 16.4 Å². The number of urea groups is 1. The molecule has 0 bridgehead atoms. The minimum atomic E-state index is -0.133. The number of hydrogen-bond donors (Lipinski definition) is 3. The van der Waals surface area contributed by atoms with Crippen molar-refractivity contribution in [2.45, 2.75) is 31.7 Å². The van der Waals surface area contributed by atoms with Gasteiger partial charge in [-0.1, -0.05) is 31.0 Å². The van der Waals surface area contributed by atoms with E-state index in [-0.39, 0.29) is 12.1 Å². The smallest absolute Gasteiger partial charge is 0.319 e. The monoisotopic (exact) mass is 247 g/mol. The molecule has 18 heavy (non-hydrogen) atoms. The Bertz CT molecular complexity index is 380. The zero-order valence-electron chi connectivity index (χ0n) is 10.6. The maximum Gasteiger partial charge on any atom is 0.319 e. The highest BCUT2D eigenvalue weighted by molar-refractivity contribution is 5.89. The number of carbonyl (C=O) groups excluding carboxylic acids is 1. The van der Waals surface area contributed by atoms with Gasteiger partial charge in [-0.15, -0.1) is 0 Å². The molecule has 0 saturated heterocycles. The lowest BCUT2D eigenvalue weighted by Crippen LogP contribution is -2.46. The van der Waals surface area contributed by atoms with Crippen molar-refractivity contribution in [2.75, 3.05) is 11.9 Å². The van der Waals surface area contributed by atoms with Crippen molar-refractivity contribution in [2.24, 2.45) is 11.7 Å². The molecule has 1 aromatic rings. The molecule has 2 atom stereocenters. The van der Waals surface area contributed by atoms with Crippen LogP contribution in [0.2, 0.25) is 0 Å². The first kappa shape index (κ1) is 12.9. The van der Waals surface area contributed by atoms with E-state index in [0.29, 0.717) is 12.5 Å². The van der Waals surface area contributed by atoms with Crippen LogP contribution in [-0.2, 0) is 0 Å². The van der Waals surface area contributed by atoms with Gasteiger partial charge >= 0.3 is 6.03 Å². The summed E-state index contributed by atoms with van der Waals surface area (Å²) in [6.07, 6.45) is 4.55. The van der Waals surface area contributed by atoms with Crippen molar-refractivity contribution in [3.63, 3.8) is 0 Å². The van der Waals surface area contributed by atoms with E-state index in [1.807, 2.05) is 30.3 Å². The van der Waals surface area contributed by atoms with Crippen molar-refractivity contribution in [3.8, 4) is 0 Å². The molecule has 98 valence electrons. The molecule has 0 radical (unpaired) electrons. The summed E-state index contributed by atoms with van der Waals surface area (Å²) in [5, 5.41) is 5.88. The van der Waals surface area contributed by atoms with Crippen molar-refractivity contribution < 1.29 is 4.79 Å². The lowest BCUT2D eigenvalue weighted by Gasteiger charge is -2.31. The van der Waals surface area contributed by atoms with E-state index in [9.17, 15) is 4.79 Å². The van der Waals surface area contributed by atoms with E-state index < -0.39 is 0 Å². The van der Waals surface area contributed by atoms with Gasteiger partial charge in [0.15, 0.2) is 0 Å². The number of nitrogens with one attached hydrogen (secondary N) is 2. The van der Waals surface area contributed by atoms with Gasteiger partial charge in [0.05, 0.1) is 0 Å². The number of carbonyl (C=O) groups is 1. The second kappa shape index (κ2) is 6.40. The fourth-order valence-corrected chi connectivity index (χ4v) is 2.54. The third kappa shape index (κ3) is 3.47. The lowest BCUT2D eigenvalue weighted by molar-refractivity contribution is 0.229. The van der Waals surface area contributed by atoms with Crippen molar-refractivity contribution in [1.29, 1.82) is 0 Å². The molecule has 1 aliphatic carbocycles. The normalized spacial score (nSPS) is 23.4. The highest BCUT2D eigenvalue weighted by atomic mass is 16.2. The van der Waals surface area contributed by atoms with E-state index in [2.05, 4.69) is 10.6 Å². The average Bonchev–Trinajstić information content (AvgIpc) is 2.40. The summed E-state index contributed by atoms with van der Waals surface area (Å²) >= 11 is 0. The minimum Gasteiger partial charge on any atom is -0.335 e. The average molecular weight is 247 g/mol. The van der Waals surface area contributed by atoms with E-state index in [1.54, 1.807) is 0 Å². The van der Waals surface area contributed by atoms with Gasteiger partial charge in [0.1, 0.15) is 0 Å². The highest BCUT2D eigenvalue weighted by Crippen LogP contribution is 2.23. The Kier molecular flexibility index (Phi) is 4.59. The van der Waals surface area contributed by atoms with Crippen LogP contribution in [0.25, 0.3) is 0 Å². The summed E-state index contributed by atoms with van der Waals surface area (Å²) in [7, 11) is 0. The fourth-order valence-electron chi connectivity index (χ4n) is 2.54. The van der Waals surface area contributed by atoms with Gasteiger partial charge in [-0.25, -0.2) is 4.79 Å². The standard InChI is InChI=1S/C14H21N3O/c15-10-11-6-4-5-9-13(11)17-14(18)16-12-7-2-1-3-8-12/h1-3,7-8,11,13H,4-6,9-10,15H2,(H2,16,17,18). The molecular formula is C14H21N3O. The summed E-state index contributed by atoms with van der Waals surface area (Å²) in [4.78, 5) is 11.9. The van der Waals surface area contributed by atoms with Gasteiger partial charge in [-0.3, -0.25) is 0 Å². The fraction of sp³-hybridized carbons (Fsp3) is 0.500. The molecule has 0 spiro atoms. The molecule has 4 heteroatoms. The van der Waals surface area contributed by atoms with Gasteiger partial charge in [0.25, 0.3) is 0 Å². The van der Waals surface area contributed by atoms with Crippen LogP contribution in [0.1, 0.15) is 25.7 Å². The number of amides is 2. The number of para-hydroxylation sites is 1. The second-order valence-electron chi connectivity index (χ2n) is 4.85. The largest absolute Gasteiger partial charge is 0.335 e. The third-order valence-electron chi connectivity index (χ3n) is 3.56. The van der Waals surface area contributed by atoms with Gasteiger partial charge in [-0.05, 0) is 37.4 Å². The number of benzene rings is 1. The SMILES string of the molecule is NCC1CCCCC1NC(=O)Nc1ccccc1. The molecule has 0 aliphatic heterocycles. The maximum absolute atomic E-state index is 11.9. The summed E-state index contributed by atoms with van der Waals surface area (Å²) in [6.45, 7) is 0.649. The number of nitrogens with two attached hydrogens (primary N) is 1. The Morgan fingerprint density at radius 3 is 2.67 bits per heavy atom. The van der Waals surface area contributed by atoms with Crippen LogP contribution >= 0.6 is 0 Å². The van der Waals surface area contributed by atoms with E-state index in [1.165, 1.54) is 12.8 Å². The van der Waals surface area contributed by atoms with E-state index >= 15 is 0 Å². The van der Waals surface area contributed by atoms with Crippen LogP contribution in [0, 0.1) is 5.92 Å². The molecule has 1 aromatic carbocycles. The molecule has 1 saturated carbocycles. The molecule has 2 rings (SSSR count). The zero-order chi connectivity index (χ0) is 12.8. The van der Waals surface area contributed by atoms with Crippen LogP contribution in [-0.4, -0.2) is 18.6 Å². The predicted octanol–water partition coefficient (Wildman–Crippen LogP) is 2.33. The molecule has 0 aromatic heterocycles. The van der Waals surface area contributed by atoms with Crippen LogP contribution in [0.5, 0.6) is 0 Å². The van der Waals surface area contributed by atoms with E-state index in [0.717, 1.165) is 18.5 Å². The summed E-state index contributed by atoms with van der Waals surface area (Å²) in [5.74, 6) is 0.417. The Morgan fingerprint density at radius 2 is 1.94 bits per heavy atom. The molecule has 4 nitrogen and oxygen atoms in total. The van der Waals surface area contributed by atoms with E-state index in [4.69, 9.17) is 5.73 Å². The maximum atomic E-state index is 11.9. The van der Waals surface area contributed by atoms with Crippen molar-refractivity contribution in [1.82, 2.24) is 5.32 Å². The number of hydrogen-bond acceptors (Lipinski definition) is 2. The predicted molar refractivity (Wildman–Crippen MR) is 73.4 cm³/mol.